The molecule has 2 N–H and O–H groups in total. The standard InChI is InChI=1S/C15H20N2O2/c16-15(8-10-19-11-15)14(18)17-9-4-7-13(17)12-5-2-1-3-6-12/h1-3,5-6,13H,4,7-11,16H2. The van der Waals surface area contributed by atoms with Crippen molar-refractivity contribution < 1.29 is 9.53 Å². The third kappa shape index (κ3) is 2.26. The lowest BCUT2D eigenvalue weighted by molar-refractivity contribution is -0.138. The van der Waals surface area contributed by atoms with Gasteiger partial charge in [-0.3, -0.25) is 4.79 Å². The van der Waals surface area contributed by atoms with Crippen LogP contribution in [0.5, 0.6) is 0 Å². The zero-order valence-electron chi connectivity index (χ0n) is 11.0. The highest BCUT2D eigenvalue weighted by Crippen LogP contribution is 2.34. The number of nitrogens with two attached hydrogens (primary N) is 1. The lowest BCUT2D eigenvalue weighted by Crippen LogP contribution is -2.55. The van der Waals surface area contributed by atoms with Gasteiger partial charge in [-0.25, -0.2) is 0 Å². The smallest absolute Gasteiger partial charge is 0.245 e. The molecule has 0 spiro atoms. The number of rotatable bonds is 2. The largest absolute Gasteiger partial charge is 0.379 e. The molecule has 2 heterocycles. The van der Waals surface area contributed by atoms with E-state index in [9.17, 15) is 4.79 Å². The van der Waals surface area contributed by atoms with Gasteiger partial charge in [-0.2, -0.15) is 0 Å². The number of carbonyl (C=O) groups is 1. The van der Waals surface area contributed by atoms with E-state index in [1.165, 1.54) is 5.56 Å². The number of amides is 1. The number of hydrogen-bond donors (Lipinski definition) is 1. The second kappa shape index (κ2) is 4.94. The fourth-order valence-electron chi connectivity index (χ4n) is 3.07. The zero-order valence-corrected chi connectivity index (χ0v) is 11.0. The highest BCUT2D eigenvalue weighted by Gasteiger charge is 2.44. The number of benzene rings is 1. The molecule has 1 aromatic rings. The summed E-state index contributed by atoms with van der Waals surface area (Å²) >= 11 is 0. The second-order valence-electron chi connectivity index (χ2n) is 5.53. The van der Waals surface area contributed by atoms with E-state index in [4.69, 9.17) is 10.5 Å². The first-order valence-electron chi connectivity index (χ1n) is 6.93. The van der Waals surface area contributed by atoms with Crippen molar-refractivity contribution in [3.8, 4) is 0 Å². The third-order valence-electron chi connectivity index (χ3n) is 4.18. The van der Waals surface area contributed by atoms with Gasteiger partial charge in [0, 0.05) is 13.2 Å². The lowest BCUT2D eigenvalue weighted by atomic mass is 9.96. The quantitative estimate of drug-likeness (QED) is 0.876. The van der Waals surface area contributed by atoms with Gasteiger partial charge in [0.15, 0.2) is 0 Å². The minimum atomic E-state index is -0.808. The van der Waals surface area contributed by atoms with Gasteiger partial charge in [0.05, 0.1) is 12.6 Å². The van der Waals surface area contributed by atoms with Crippen molar-refractivity contribution in [3.63, 3.8) is 0 Å². The summed E-state index contributed by atoms with van der Waals surface area (Å²) in [7, 11) is 0. The summed E-state index contributed by atoms with van der Waals surface area (Å²) in [6.07, 6.45) is 2.69. The van der Waals surface area contributed by atoms with Crippen LogP contribution < -0.4 is 5.73 Å². The van der Waals surface area contributed by atoms with Crippen LogP contribution in [0.3, 0.4) is 0 Å². The Balaban J connectivity index is 1.82. The van der Waals surface area contributed by atoms with E-state index in [0.29, 0.717) is 19.6 Å². The monoisotopic (exact) mass is 260 g/mol. The Hall–Kier alpha value is -1.39. The van der Waals surface area contributed by atoms with Crippen molar-refractivity contribution in [2.24, 2.45) is 5.73 Å². The van der Waals surface area contributed by atoms with E-state index in [2.05, 4.69) is 12.1 Å². The highest BCUT2D eigenvalue weighted by atomic mass is 16.5. The maximum atomic E-state index is 12.7. The van der Waals surface area contributed by atoms with Gasteiger partial charge >= 0.3 is 0 Å². The zero-order chi connectivity index (χ0) is 13.3. The van der Waals surface area contributed by atoms with Crippen LogP contribution >= 0.6 is 0 Å². The Morgan fingerprint density at radius 1 is 1.37 bits per heavy atom. The summed E-state index contributed by atoms with van der Waals surface area (Å²) in [5.74, 6) is 0.0522. The van der Waals surface area contributed by atoms with Crippen LogP contribution in [0.4, 0.5) is 0 Å². The van der Waals surface area contributed by atoms with Crippen LogP contribution in [-0.2, 0) is 9.53 Å². The number of nitrogens with zero attached hydrogens (tertiary/aromatic N) is 1. The van der Waals surface area contributed by atoms with Crippen LogP contribution in [0, 0.1) is 0 Å². The van der Waals surface area contributed by atoms with E-state index in [0.717, 1.165) is 19.4 Å². The van der Waals surface area contributed by atoms with Crippen molar-refractivity contribution in [1.82, 2.24) is 4.90 Å². The summed E-state index contributed by atoms with van der Waals surface area (Å²) < 4.78 is 5.31. The van der Waals surface area contributed by atoms with Crippen LogP contribution in [0.25, 0.3) is 0 Å². The molecular formula is C15H20N2O2. The molecule has 2 unspecified atom stereocenters. The first-order valence-corrected chi connectivity index (χ1v) is 6.93. The summed E-state index contributed by atoms with van der Waals surface area (Å²) in [4.78, 5) is 14.6. The highest BCUT2D eigenvalue weighted by molar-refractivity contribution is 5.87. The summed E-state index contributed by atoms with van der Waals surface area (Å²) in [5.41, 5.74) is 6.60. The molecule has 19 heavy (non-hydrogen) atoms. The molecule has 0 aliphatic carbocycles. The third-order valence-corrected chi connectivity index (χ3v) is 4.18. The maximum Gasteiger partial charge on any atom is 0.245 e. The molecule has 1 amide bonds. The van der Waals surface area contributed by atoms with Gasteiger partial charge < -0.3 is 15.4 Å². The van der Waals surface area contributed by atoms with Crippen molar-refractivity contribution >= 4 is 5.91 Å². The van der Waals surface area contributed by atoms with Crippen molar-refractivity contribution in [1.29, 1.82) is 0 Å². The number of likely N-dealkylation sites (tertiary alicyclic amines) is 1. The number of hydrogen-bond acceptors (Lipinski definition) is 3. The Morgan fingerprint density at radius 3 is 2.84 bits per heavy atom. The summed E-state index contributed by atoms with van der Waals surface area (Å²) in [6.45, 7) is 1.74. The molecule has 2 atom stereocenters. The molecule has 0 bridgehead atoms. The first kappa shape index (κ1) is 12.6. The Morgan fingerprint density at radius 2 is 2.16 bits per heavy atom. The van der Waals surface area contributed by atoms with Crippen molar-refractivity contribution in [2.45, 2.75) is 30.8 Å². The summed E-state index contributed by atoms with van der Waals surface area (Å²) in [6, 6.07) is 10.4. The second-order valence-corrected chi connectivity index (χ2v) is 5.53. The topological polar surface area (TPSA) is 55.6 Å². The number of carbonyl (C=O) groups excluding carboxylic acids is 1. The average molecular weight is 260 g/mol. The molecule has 102 valence electrons. The first-order chi connectivity index (χ1) is 9.21. The van der Waals surface area contributed by atoms with E-state index in [1.807, 2.05) is 23.1 Å². The lowest BCUT2D eigenvalue weighted by Gasteiger charge is -2.32. The predicted octanol–water partition coefficient (Wildman–Crippen LogP) is 1.47. The fraction of sp³-hybridized carbons (Fsp3) is 0.533. The van der Waals surface area contributed by atoms with Crippen LogP contribution in [0.2, 0.25) is 0 Å². The maximum absolute atomic E-state index is 12.7. The SMILES string of the molecule is NC1(C(=O)N2CCCC2c2ccccc2)CCOC1. The van der Waals surface area contributed by atoms with Gasteiger partial charge in [-0.05, 0) is 24.8 Å². The molecule has 4 nitrogen and oxygen atoms in total. The van der Waals surface area contributed by atoms with Gasteiger partial charge in [0.2, 0.25) is 5.91 Å². The average Bonchev–Trinajstić information content (AvgIpc) is 3.08. The molecule has 2 fully saturated rings. The minimum Gasteiger partial charge on any atom is -0.379 e. The molecule has 0 aromatic heterocycles. The van der Waals surface area contributed by atoms with Gasteiger partial charge in [0.25, 0.3) is 0 Å². The van der Waals surface area contributed by atoms with Gasteiger partial charge in [-0.1, -0.05) is 30.3 Å². The summed E-state index contributed by atoms with van der Waals surface area (Å²) in [5, 5.41) is 0. The Bertz CT molecular complexity index is 454. The normalized spacial score (nSPS) is 30.8. The molecule has 1 aromatic carbocycles. The Labute approximate surface area is 113 Å². The van der Waals surface area contributed by atoms with Gasteiger partial charge in [-0.15, -0.1) is 0 Å². The van der Waals surface area contributed by atoms with Crippen LogP contribution in [0.15, 0.2) is 30.3 Å². The molecule has 0 saturated carbocycles. The molecule has 3 rings (SSSR count). The minimum absolute atomic E-state index is 0.0522. The number of ether oxygens (including phenoxy) is 1. The van der Waals surface area contributed by atoms with Gasteiger partial charge in [0.1, 0.15) is 5.54 Å². The van der Waals surface area contributed by atoms with Crippen LogP contribution in [0.1, 0.15) is 30.9 Å². The molecule has 2 aliphatic heterocycles. The molecule has 2 saturated heterocycles. The van der Waals surface area contributed by atoms with Crippen molar-refractivity contribution in [2.75, 3.05) is 19.8 Å². The van der Waals surface area contributed by atoms with E-state index < -0.39 is 5.54 Å². The van der Waals surface area contributed by atoms with E-state index in [1.54, 1.807) is 0 Å². The predicted molar refractivity (Wildman–Crippen MR) is 72.5 cm³/mol. The van der Waals surface area contributed by atoms with Crippen molar-refractivity contribution in [3.05, 3.63) is 35.9 Å². The van der Waals surface area contributed by atoms with E-state index >= 15 is 0 Å². The fourth-order valence-corrected chi connectivity index (χ4v) is 3.07. The van der Waals surface area contributed by atoms with Crippen LogP contribution in [-0.4, -0.2) is 36.1 Å². The molecule has 4 heteroatoms. The molecule has 0 radical (unpaired) electrons. The molecule has 2 aliphatic rings. The van der Waals surface area contributed by atoms with E-state index in [-0.39, 0.29) is 11.9 Å². The molecular weight excluding hydrogens is 240 g/mol. The Kier molecular flexibility index (Phi) is 3.29.